The second-order valence-electron chi connectivity index (χ2n) is 9.10. The maximum absolute atomic E-state index is 12.9. The Balaban J connectivity index is 1.52. The Bertz CT molecular complexity index is 1280. The third kappa shape index (κ3) is 5.63. The molecule has 34 heavy (non-hydrogen) atoms. The van der Waals surface area contributed by atoms with E-state index in [9.17, 15) is 4.79 Å². The van der Waals surface area contributed by atoms with Gasteiger partial charge in [-0.15, -0.1) is 10.2 Å². The van der Waals surface area contributed by atoms with Gasteiger partial charge in [0.15, 0.2) is 0 Å². The van der Waals surface area contributed by atoms with Crippen molar-refractivity contribution in [1.82, 2.24) is 15.0 Å². The van der Waals surface area contributed by atoms with Gasteiger partial charge in [0.2, 0.25) is 0 Å². The molecule has 6 heteroatoms. The predicted octanol–water partition coefficient (Wildman–Crippen LogP) is 6.36. The average molecular weight is 457 g/mol. The van der Waals surface area contributed by atoms with Gasteiger partial charge < -0.3 is 10.1 Å². The third-order valence-corrected chi connectivity index (χ3v) is 5.64. The highest BCUT2D eigenvalue weighted by atomic mass is 16.5. The van der Waals surface area contributed by atoms with Crippen LogP contribution in [0.5, 0.6) is 5.75 Å². The van der Waals surface area contributed by atoms with Crippen LogP contribution in [0.3, 0.4) is 0 Å². The van der Waals surface area contributed by atoms with E-state index in [1.165, 1.54) is 18.4 Å². The van der Waals surface area contributed by atoms with Crippen molar-refractivity contribution in [3.63, 3.8) is 0 Å². The molecule has 4 aromatic rings. The fraction of sp³-hybridized carbons (Fsp3) is 0.321. The van der Waals surface area contributed by atoms with Crippen molar-refractivity contribution in [3.05, 3.63) is 77.4 Å². The molecule has 0 radical (unpaired) electrons. The maximum Gasteiger partial charge on any atom is 0.255 e. The van der Waals surface area contributed by atoms with Crippen LogP contribution < -0.4 is 10.1 Å². The van der Waals surface area contributed by atoms with Crippen molar-refractivity contribution in [2.75, 3.05) is 11.9 Å². The van der Waals surface area contributed by atoms with Crippen molar-refractivity contribution in [3.8, 4) is 11.4 Å². The second kappa shape index (κ2) is 10.5. The van der Waals surface area contributed by atoms with E-state index in [1.807, 2.05) is 43.3 Å². The molecule has 3 aromatic carbocycles. The number of fused-ring (bicyclic) bond motifs is 1. The molecule has 1 heterocycles. The number of nitrogens with zero attached hydrogens (tertiary/aromatic N) is 3. The molecule has 0 saturated carbocycles. The van der Waals surface area contributed by atoms with E-state index in [1.54, 1.807) is 16.9 Å². The summed E-state index contributed by atoms with van der Waals surface area (Å²) >= 11 is 0. The number of aryl methyl sites for hydroxylation is 2. The summed E-state index contributed by atoms with van der Waals surface area (Å²) < 4.78 is 5.76. The molecule has 0 bridgehead atoms. The minimum absolute atomic E-state index is 0.187. The Morgan fingerprint density at radius 3 is 2.47 bits per heavy atom. The maximum atomic E-state index is 12.9. The van der Waals surface area contributed by atoms with Gasteiger partial charge in [0.25, 0.3) is 5.91 Å². The number of carbonyl (C=O) groups is 1. The molecule has 0 aliphatic rings. The second-order valence-corrected chi connectivity index (χ2v) is 9.10. The molecule has 176 valence electrons. The summed E-state index contributed by atoms with van der Waals surface area (Å²) in [6.45, 7) is 8.95. The van der Waals surface area contributed by atoms with E-state index in [4.69, 9.17) is 4.74 Å². The molecule has 6 nitrogen and oxygen atoms in total. The number of benzene rings is 3. The van der Waals surface area contributed by atoms with E-state index in [0.717, 1.165) is 28.7 Å². The number of aromatic nitrogens is 3. The first kappa shape index (κ1) is 23.5. The highest BCUT2D eigenvalue weighted by molar-refractivity contribution is 6.05. The summed E-state index contributed by atoms with van der Waals surface area (Å²) in [6, 6.07) is 19.4. The van der Waals surface area contributed by atoms with Gasteiger partial charge in [-0.1, -0.05) is 45.4 Å². The van der Waals surface area contributed by atoms with Gasteiger partial charge >= 0.3 is 0 Å². The summed E-state index contributed by atoms with van der Waals surface area (Å²) in [5, 5.41) is 12.3. The van der Waals surface area contributed by atoms with Crippen molar-refractivity contribution in [2.45, 2.75) is 47.0 Å². The third-order valence-electron chi connectivity index (χ3n) is 5.64. The number of nitrogens with one attached hydrogen (secondary N) is 1. The molecule has 0 spiro atoms. The average Bonchev–Trinajstić information content (AvgIpc) is 3.24. The number of carbonyl (C=O) groups excluding carboxylic acids is 1. The number of hydrogen-bond acceptors (Lipinski definition) is 4. The number of ether oxygens (including phenoxy) is 1. The summed E-state index contributed by atoms with van der Waals surface area (Å²) in [7, 11) is 0. The van der Waals surface area contributed by atoms with Crippen LogP contribution in [-0.4, -0.2) is 27.5 Å². The fourth-order valence-electron chi connectivity index (χ4n) is 3.68. The summed E-state index contributed by atoms with van der Waals surface area (Å²) in [4.78, 5) is 14.6. The zero-order chi connectivity index (χ0) is 24.1. The lowest BCUT2D eigenvalue weighted by atomic mass is 10.1. The summed E-state index contributed by atoms with van der Waals surface area (Å²) in [5.74, 6) is 0.920. The first-order valence-corrected chi connectivity index (χ1v) is 11.9. The summed E-state index contributed by atoms with van der Waals surface area (Å²) in [6.07, 6.45) is 3.45. The number of rotatable bonds is 9. The fourth-order valence-corrected chi connectivity index (χ4v) is 3.68. The largest absolute Gasteiger partial charge is 0.493 e. The molecular weight excluding hydrogens is 424 g/mol. The van der Waals surface area contributed by atoms with Crippen LogP contribution in [0.2, 0.25) is 0 Å². The van der Waals surface area contributed by atoms with Gasteiger partial charge in [-0.25, -0.2) is 0 Å². The molecule has 1 amide bonds. The van der Waals surface area contributed by atoms with E-state index >= 15 is 0 Å². The van der Waals surface area contributed by atoms with E-state index in [-0.39, 0.29) is 5.91 Å². The molecule has 0 aliphatic carbocycles. The van der Waals surface area contributed by atoms with E-state index in [2.05, 4.69) is 48.4 Å². The minimum atomic E-state index is -0.187. The van der Waals surface area contributed by atoms with E-state index < -0.39 is 0 Å². The smallest absolute Gasteiger partial charge is 0.255 e. The molecule has 0 atom stereocenters. The highest BCUT2D eigenvalue weighted by Gasteiger charge is 2.13. The van der Waals surface area contributed by atoms with Crippen molar-refractivity contribution < 1.29 is 9.53 Å². The first-order chi connectivity index (χ1) is 16.4. The Morgan fingerprint density at radius 1 is 1.03 bits per heavy atom. The van der Waals surface area contributed by atoms with Gasteiger partial charge in [0, 0.05) is 11.3 Å². The van der Waals surface area contributed by atoms with Crippen LogP contribution in [0.1, 0.15) is 55.1 Å². The van der Waals surface area contributed by atoms with Crippen LogP contribution in [0.25, 0.3) is 16.7 Å². The molecule has 0 aliphatic heterocycles. The number of anilines is 1. The minimum Gasteiger partial charge on any atom is -0.493 e. The van der Waals surface area contributed by atoms with Gasteiger partial charge in [-0.2, -0.15) is 4.80 Å². The van der Waals surface area contributed by atoms with Gasteiger partial charge in [-0.3, -0.25) is 4.79 Å². The highest BCUT2D eigenvalue weighted by Crippen LogP contribution is 2.24. The number of amides is 1. The topological polar surface area (TPSA) is 69.0 Å². The standard InChI is InChI=1S/C28H32N4O2/c1-5-6-8-21-11-13-23(14-12-21)32-30-26-15-20(4)25(17-27(26)31-32)29-28(33)22-9-7-10-24(16-22)34-18-19(2)3/h7,9-17,19H,5-6,8,18H2,1-4H3,(H,29,33). The van der Waals surface area contributed by atoms with Gasteiger partial charge in [0.1, 0.15) is 16.8 Å². The lowest BCUT2D eigenvalue weighted by Gasteiger charge is -2.11. The lowest BCUT2D eigenvalue weighted by Crippen LogP contribution is -2.13. The van der Waals surface area contributed by atoms with Crippen LogP contribution >= 0.6 is 0 Å². The Hall–Kier alpha value is -3.67. The Morgan fingerprint density at radius 2 is 1.76 bits per heavy atom. The normalized spacial score (nSPS) is 11.2. The molecule has 1 N–H and O–H groups in total. The van der Waals surface area contributed by atoms with Crippen molar-refractivity contribution in [2.24, 2.45) is 5.92 Å². The SMILES string of the molecule is CCCCc1ccc(-n2nc3cc(C)c(NC(=O)c4cccc(OCC(C)C)c4)cc3n2)cc1. The van der Waals surface area contributed by atoms with Gasteiger partial charge in [-0.05, 0) is 79.3 Å². The molecule has 0 saturated heterocycles. The molecule has 0 unspecified atom stereocenters. The van der Waals surface area contributed by atoms with Crippen LogP contribution in [-0.2, 0) is 6.42 Å². The molecule has 0 fully saturated rings. The van der Waals surface area contributed by atoms with Crippen molar-refractivity contribution >= 4 is 22.6 Å². The van der Waals surface area contributed by atoms with Crippen LogP contribution in [0.15, 0.2) is 60.7 Å². The molecule has 1 aromatic heterocycles. The first-order valence-electron chi connectivity index (χ1n) is 11.9. The molecular formula is C28H32N4O2. The lowest BCUT2D eigenvalue weighted by molar-refractivity contribution is 0.102. The van der Waals surface area contributed by atoms with E-state index in [0.29, 0.717) is 29.5 Å². The number of hydrogen-bond donors (Lipinski definition) is 1. The predicted molar refractivity (Wildman–Crippen MR) is 137 cm³/mol. The molecule has 4 rings (SSSR count). The van der Waals surface area contributed by atoms with Crippen LogP contribution in [0, 0.1) is 12.8 Å². The zero-order valence-corrected chi connectivity index (χ0v) is 20.3. The quantitative estimate of drug-likeness (QED) is 0.318. The van der Waals surface area contributed by atoms with Crippen LogP contribution in [0.4, 0.5) is 5.69 Å². The van der Waals surface area contributed by atoms with Gasteiger partial charge in [0.05, 0.1) is 12.3 Å². The Labute approximate surface area is 200 Å². The van der Waals surface area contributed by atoms with Crippen molar-refractivity contribution in [1.29, 1.82) is 0 Å². The Kier molecular flexibility index (Phi) is 7.26. The number of unbranched alkanes of at least 4 members (excludes halogenated alkanes) is 1. The monoisotopic (exact) mass is 456 g/mol. The summed E-state index contributed by atoms with van der Waals surface area (Å²) in [5.41, 5.74) is 5.94. The zero-order valence-electron chi connectivity index (χ0n) is 20.3.